The van der Waals surface area contributed by atoms with Crippen LogP contribution in [0.5, 0.6) is 0 Å². The maximum atomic E-state index is 11.1. The van der Waals surface area contributed by atoms with Crippen molar-refractivity contribution in [3.8, 4) is 0 Å². The molecule has 0 aliphatic carbocycles. The Balaban J connectivity index is 3.71. The van der Waals surface area contributed by atoms with E-state index in [1.54, 1.807) is 6.92 Å². The first-order valence-corrected chi connectivity index (χ1v) is 5.78. The van der Waals surface area contributed by atoms with E-state index in [1.807, 2.05) is 0 Å². The van der Waals surface area contributed by atoms with Crippen molar-refractivity contribution in [3.05, 3.63) is 0 Å². The molecule has 1 amide bonds. The van der Waals surface area contributed by atoms with Crippen LogP contribution in [0.2, 0.25) is 0 Å². The highest BCUT2D eigenvalue weighted by molar-refractivity contribution is 7.87. The van der Waals surface area contributed by atoms with Gasteiger partial charge in [-0.05, 0) is 0 Å². The molecule has 0 aromatic carbocycles. The third-order valence-corrected chi connectivity index (χ3v) is 3.06. The summed E-state index contributed by atoms with van der Waals surface area (Å²) in [5.41, 5.74) is 0. The van der Waals surface area contributed by atoms with Crippen LogP contribution in [0, 0.1) is 0 Å². The Kier molecular flexibility index (Phi) is 5.66. The molecule has 0 spiro atoms. The SMILES string of the molecule is CCC(=O)NCCNS(=O)(=O)N(C)C. The van der Waals surface area contributed by atoms with Crippen molar-refractivity contribution in [2.45, 2.75) is 13.3 Å². The highest BCUT2D eigenvalue weighted by atomic mass is 32.2. The molecule has 14 heavy (non-hydrogen) atoms. The van der Waals surface area contributed by atoms with Crippen molar-refractivity contribution in [1.29, 1.82) is 0 Å². The van der Waals surface area contributed by atoms with Crippen molar-refractivity contribution >= 4 is 16.1 Å². The highest BCUT2D eigenvalue weighted by Crippen LogP contribution is 1.85. The molecule has 0 heterocycles. The summed E-state index contributed by atoms with van der Waals surface area (Å²) in [6.45, 7) is 2.24. The molecule has 0 fully saturated rings. The second kappa shape index (κ2) is 5.94. The Bertz CT molecular complexity index is 274. The Labute approximate surface area is 84.8 Å². The van der Waals surface area contributed by atoms with E-state index >= 15 is 0 Å². The summed E-state index contributed by atoms with van der Waals surface area (Å²) in [7, 11) is -0.496. The van der Waals surface area contributed by atoms with Crippen LogP contribution in [0.25, 0.3) is 0 Å². The molecule has 84 valence electrons. The van der Waals surface area contributed by atoms with Gasteiger partial charge < -0.3 is 5.32 Å². The van der Waals surface area contributed by atoms with Crippen LogP contribution in [0.15, 0.2) is 0 Å². The Hall–Kier alpha value is -0.660. The molecular weight excluding hydrogens is 206 g/mol. The number of nitrogens with one attached hydrogen (secondary N) is 2. The first-order chi connectivity index (χ1) is 6.40. The van der Waals surface area contributed by atoms with Gasteiger partial charge in [0.05, 0.1) is 0 Å². The van der Waals surface area contributed by atoms with E-state index in [2.05, 4.69) is 10.0 Å². The van der Waals surface area contributed by atoms with Gasteiger partial charge in [-0.2, -0.15) is 12.7 Å². The zero-order valence-corrected chi connectivity index (χ0v) is 9.52. The molecule has 0 aromatic heterocycles. The molecule has 6 nitrogen and oxygen atoms in total. The summed E-state index contributed by atoms with van der Waals surface area (Å²) in [6, 6.07) is 0. The number of hydrogen-bond donors (Lipinski definition) is 2. The smallest absolute Gasteiger partial charge is 0.278 e. The van der Waals surface area contributed by atoms with E-state index in [0.29, 0.717) is 13.0 Å². The van der Waals surface area contributed by atoms with Gasteiger partial charge in [0.2, 0.25) is 5.91 Å². The summed E-state index contributed by atoms with van der Waals surface area (Å²) in [4.78, 5) is 10.8. The number of amides is 1. The zero-order valence-electron chi connectivity index (χ0n) is 8.70. The average molecular weight is 223 g/mol. The molecule has 0 atom stereocenters. The predicted octanol–water partition coefficient (Wildman–Crippen LogP) is -1.09. The summed E-state index contributed by atoms with van der Waals surface area (Å²) in [6.07, 6.45) is 0.403. The quantitative estimate of drug-likeness (QED) is 0.562. The lowest BCUT2D eigenvalue weighted by molar-refractivity contribution is -0.120. The van der Waals surface area contributed by atoms with Crippen molar-refractivity contribution in [3.63, 3.8) is 0 Å². The standard InChI is InChI=1S/C7H17N3O3S/c1-4-7(11)8-5-6-9-14(12,13)10(2)3/h9H,4-6H2,1-3H3,(H,8,11). The molecule has 7 heteroatoms. The van der Waals surface area contributed by atoms with Crippen LogP contribution >= 0.6 is 0 Å². The monoisotopic (exact) mass is 223 g/mol. The normalized spacial score (nSPS) is 11.7. The van der Waals surface area contributed by atoms with Crippen LogP contribution in [0.4, 0.5) is 0 Å². The van der Waals surface area contributed by atoms with Crippen LogP contribution < -0.4 is 10.0 Å². The maximum absolute atomic E-state index is 11.1. The van der Waals surface area contributed by atoms with E-state index < -0.39 is 10.2 Å². The van der Waals surface area contributed by atoms with E-state index in [9.17, 15) is 13.2 Å². The number of carbonyl (C=O) groups excluding carboxylic acids is 1. The number of nitrogens with zero attached hydrogens (tertiary/aromatic N) is 1. The van der Waals surface area contributed by atoms with Gasteiger partial charge in [-0.15, -0.1) is 0 Å². The van der Waals surface area contributed by atoms with E-state index in [0.717, 1.165) is 4.31 Å². The summed E-state index contributed by atoms with van der Waals surface area (Å²) >= 11 is 0. The van der Waals surface area contributed by atoms with Gasteiger partial charge in [0, 0.05) is 33.6 Å². The van der Waals surface area contributed by atoms with Crippen LogP contribution in [-0.2, 0) is 15.0 Å². The lowest BCUT2D eigenvalue weighted by Crippen LogP contribution is -2.40. The van der Waals surface area contributed by atoms with E-state index in [4.69, 9.17) is 0 Å². The van der Waals surface area contributed by atoms with Gasteiger partial charge in [0.15, 0.2) is 0 Å². The Morgan fingerprint density at radius 2 is 1.86 bits per heavy atom. The fourth-order valence-electron chi connectivity index (χ4n) is 0.636. The second-order valence-corrected chi connectivity index (χ2v) is 4.85. The van der Waals surface area contributed by atoms with Crippen molar-refractivity contribution in [2.75, 3.05) is 27.2 Å². The Morgan fingerprint density at radius 1 is 1.29 bits per heavy atom. The highest BCUT2D eigenvalue weighted by Gasteiger charge is 2.11. The van der Waals surface area contributed by atoms with Crippen LogP contribution in [-0.4, -0.2) is 45.8 Å². The summed E-state index contributed by atoms with van der Waals surface area (Å²) in [5.74, 6) is -0.0888. The fourth-order valence-corrected chi connectivity index (χ4v) is 1.25. The minimum absolute atomic E-state index is 0.0888. The number of carbonyl (C=O) groups is 1. The minimum Gasteiger partial charge on any atom is -0.355 e. The molecule has 0 rings (SSSR count). The van der Waals surface area contributed by atoms with Gasteiger partial charge in [0.25, 0.3) is 10.2 Å². The largest absolute Gasteiger partial charge is 0.355 e. The van der Waals surface area contributed by atoms with Gasteiger partial charge in [0.1, 0.15) is 0 Å². The molecule has 0 saturated heterocycles. The van der Waals surface area contributed by atoms with Crippen molar-refractivity contribution in [1.82, 2.24) is 14.3 Å². The van der Waals surface area contributed by atoms with Crippen LogP contribution in [0.1, 0.15) is 13.3 Å². The third-order valence-electron chi connectivity index (χ3n) is 1.53. The van der Waals surface area contributed by atoms with Crippen molar-refractivity contribution < 1.29 is 13.2 Å². The lowest BCUT2D eigenvalue weighted by Gasteiger charge is -2.12. The average Bonchev–Trinajstić information content (AvgIpc) is 2.11. The zero-order chi connectivity index (χ0) is 11.2. The third kappa shape index (κ3) is 5.15. The molecule has 0 radical (unpaired) electrons. The Morgan fingerprint density at radius 3 is 2.29 bits per heavy atom. The number of hydrogen-bond acceptors (Lipinski definition) is 3. The molecule has 0 aliphatic heterocycles. The summed E-state index contributed by atoms with van der Waals surface area (Å²) in [5, 5.41) is 2.56. The molecular formula is C7H17N3O3S. The van der Waals surface area contributed by atoms with Crippen molar-refractivity contribution in [2.24, 2.45) is 0 Å². The van der Waals surface area contributed by atoms with E-state index in [-0.39, 0.29) is 12.5 Å². The van der Waals surface area contributed by atoms with Gasteiger partial charge >= 0.3 is 0 Å². The predicted molar refractivity (Wildman–Crippen MR) is 53.9 cm³/mol. The fraction of sp³-hybridized carbons (Fsp3) is 0.857. The second-order valence-electron chi connectivity index (χ2n) is 2.89. The first-order valence-electron chi connectivity index (χ1n) is 4.34. The molecule has 0 unspecified atom stereocenters. The first kappa shape index (κ1) is 13.3. The minimum atomic E-state index is -3.37. The molecule has 0 aromatic rings. The van der Waals surface area contributed by atoms with E-state index in [1.165, 1.54) is 14.1 Å². The molecule has 0 bridgehead atoms. The van der Waals surface area contributed by atoms with Crippen LogP contribution in [0.3, 0.4) is 0 Å². The van der Waals surface area contributed by atoms with Gasteiger partial charge in [-0.1, -0.05) is 6.92 Å². The maximum Gasteiger partial charge on any atom is 0.278 e. The lowest BCUT2D eigenvalue weighted by atomic mass is 10.4. The molecule has 0 aliphatic rings. The summed E-state index contributed by atoms with van der Waals surface area (Å²) < 4.78 is 25.7. The molecule has 2 N–H and O–H groups in total. The topological polar surface area (TPSA) is 78.5 Å². The van der Waals surface area contributed by atoms with Gasteiger partial charge in [-0.3, -0.25) is 4.79 Å². The number of rotatable bonds is 6. The van der Waals surface area contributed by atoms with Gasteiger partial charge in [-0.25, -0.2) is 4.72 Å². The molecule has 0 saturated carbocycles.